The van der Waals surface area contributed by atoms with Crippen LogP contribution in [-0.2, 0) is 19.4 Å². The van der Waals surface area contributed by atoms with Gasteiger partial charge >= 0.3 is 0 Å². The molecule has 0 bridgehead atoms. The predicted molar refractivity (Wildman–Crippen MR) is 56.1 cm³/mol. The van der Waals surface area contributed by atoms with Crippen LogP contribution < -0.4 is 0 Å². The number of aryl methyl sites for hydroxylation is 1. The molecule has 0 fully saturated rings. The molecule has 0 aliphatic carbocycles. The maximum atomic E-state index is 4.30. The quantitative estimate of drug-likeness (QED) is 0.684. The van der Waals surface area contributed by atoms with E-state index in [1.54, 1.807) is 0 Å². The normalized spacial score (nSPS) is 16.8. The fourth-order valence-corrected chi connectivity index (χ4v) is 1.97. The maximum absolute atomic E-state index is 4.30. The van der Waals surface area contributed by atoms with E-state index in [0.29, 0.717) is 5.41 Å². The molecule has 0 N–H and O–H groups in total. The van der Waals surface area contributed by atoms with Crippen LogP contribution in [0.5, 0.6) is 0 Å². The third-order valence-electron chi connectivity index (χ3n) is 2.62. The molecular weight excluding hydrogens is 174 g/mol. The second-order valence-corrected chi connectivity index (χ2v) is 5.38. The van der Waals surface area contributed by atoms with Crippen molar-refractivity contribution in [3.05, 3.63) is 11.6 Å². The lowest BCUT2D eigenvalue weighted by atomic mass is 9.92. The second kappa shape index (κ2) is 3.37. The average molecular weight is 193 g/mol. The zero-order valence-electron chi connectivity index (χ0n) is 9.38. The first-order valence-electron chi connectivity index (χ1n) is 5.47. The first kappa shape index (κ1) is 9.69. The Hall–Kier alpha value is -0.860. The smallest absolute Gasteiger partial charge is 0.133 e. The van der Waals surface area contributed by atoms with Gasteiger partial charge in [0, 0.05) is 19.4 Å². The van der Waals surface area contributed by atoms with Crippen molar-refractivity contribution in [3.63, 3.8) is 0 Å². The van der Waals surface area contributed by atoms with Crippen molar-refractivity contribution in [3.8, 4) is 0 Å². The van der Waals surface area contributed by atoms with Gasteiger partial charge in [-0.1, -0.05) is 20.8 Å². The molecule has 14 heavy (non-hydrogen) atoms. The molecule has 0 spiro atoms. The molecule has 0 saturated heterocycles. The van der Waals surface area contributed by atoms with E-state index in [9.17, 15) is 0 Å². The van der Waals surface area contributed by atoms with Crippen LogP contribution in [0.3, 0.4) is 0 Å². The highest BCUT2D eigenvalue weighted by Gasteiger charge is 2.20. The maximum Gasteiger partial charge on any atom is 0.133 e. The zero-order valence-corrected chi connectivity index (χ0v) is 9.38. The van der Waals surface area contributed by atoms with Crippen molar-refractivity contribution >= 4 is 0 Å². The summed E-state index contributed by atoms with van der Waals surface area (Å²) in [4.78, 5) is 0. The summed E-state index contributed by atoms with van der Waals surface area (Å²) in [5.74, 6) is 2.36. The number of rotatable bonds is 1. The van der Waals surface area contributed by atoms with E-state index in [1.807, 2.05) is 0 Å². The minimum absolute atomic E-state index is 0.307. The Bertz CT molecular complexity index is 320. The third-order valence-corrected chi connectivity index (χ3v) is 2.62. The molecule has 1 aromatic rings. The Labute approximate surface area is 85.5 Å². The number of nitrogens with zero attached hydrogens (tertiary/aromatic N) is 3. The van der Waals surface area contributed by atoms with Gasteiger partial charge in [0.1, 0.15) is 11.6 Å². The summed E-state index contributed by atoms with van der Waals surface area (Å²) >= 11 is 0. The minimum atomic E-state index is 0.307. The predicted octanol–water partition coefficient (Wildman–Crippen LogP) is 2.20. The third kappa shape index (κ3) is 1.97. The van der Waals surface area contributed by atoms with Crippen molar-refractivity contribution in [2.24, 2.45) is 5.41 Å². The number of fused-ring (bicyclic) bond motifs is 1. The summed E-state index contributed by atoms with van der Waals surface area (Å²) in [5.41, 5.74) is 0.307. The molecule has 0 unspecified atom stereocenters. The van der Waals surface area contributed by atoms with E-state index in [4.69, 9.17) is 0 Å². The van der Waals surface area contributed by atoms with Crippen LogP contribution in [0.25, 0.3) is 0 Å². The molecule has 1 aliphatic rings. The van der Waals surface area contributed by atoms with Crippen LogP contribution >= 0.6 is 0 Å². The SMILES string of the molecule is CC(C)(C)Cc1nnc2n1CCCC2. The first-order valence-corrected chi connectivity index (χ1v) is 5.47. The van der Waals surface area contributed by atoms with E-state index in [1.165, 1.54) is 24.5 Å². The molecule has 3 nitrogen and oxygen atoms in total. The van der Waals surface area contributed by atoms with Gasteiger partial charge in [-0.25, -0.2) is 0 Å². The number of hydrogen-bond acceptors (Lipinski definition) is 2. The molecule has 78 valence electrons. The lowest BCUT2D eigenvalue weighted by Gasteiger charge is -2.20. The summed E-state index contributed by atoms with van der Waals surface area (Å²) in [6.07, 6.45) is 4.69. The summed E-state index contributed by atoms with van der Waals surface area (Å²) < 4.78 is 2.31. The van der Waals surface area contributed by atoms with Crippen molar-refractivity contribution in [1.29, 1.82) is 0 Å². The molecule has 0 radical (unpaired) electrons. The topological polar surface area (TPSA) is 30.7 Å². The van der Waals surface area contributed by atoms with Crippen LogP contribution in [0.2, 0.25) is 0 Å². The van der Waals surface area contributed by atoms with Crippen molar-refractivity contribution < 1.29 is 0 Å². The molecule has 2 rings (SSSR count). The summed E-state index contributed by atoms with van der Waals surface area (Å²) in [5, 5.41) is 8.55. The Morgan fingerprint density at radius 2 is 2.00 bits per heavy atom. The van der Waals surface area contributed by atoms with Crippen LogP contribution in [0.4, 0.5) is 0 Å². The van der Waals surface area contributed by atoms with E-state index in [0.717, 1.165) is 19.4 Å². The van der Waals surface area contributed by atoms with E-state index in [2.05, 4.69) is 35.5 Å². The molecule has 0 saturated carbocycles. The van der Waals surface area contributed by atoms with Crippen molar-refractivity contribution in [1.82, 2.24) is 14.8 Å². The van der Waals surface area contributed by atoms with Crippen molar-refractivity contribution in [2.45, 2.75) is 53.0 Å². The number of hydrogen-bond donors (Lipinski definition) is 0. The Morgan fingerprint density at radius 1 is 1.21 bits per heavy atom. The lowest BCUT2D eigenvalue weighted by molar-refractivity contribution is 0.384. The number of aromatic nitrogens is 3. The average Bonchev–Trinajstić information content (AvgIpc) is 2.47. The minimum Gasteiger partial charge on any atom is -0.315 e. The second-order valence-electron chi connectivity index (χ2n) is 5.38. The molecule has 1 aromatic heterocycles. The van der Waals surface area contributed by atoms with E-state index < -0.39 is 0 Å². The highest BCUT2D eigenvalue weighted by atomic mass is 15.3. The van der Waals surface area contributed by atoms with Crippen LogP contribution in [-0.4, -0.2) is 14.8 Å². The fraction of sp³-hybridized carbons (Fsp3) is 0.818. The Morgan fingerprint density at radius 3 is 2.71 bits per heavy atom. The monoisotopic (exact) mass is 193 g/mol. The zero-order chi connectivity index (χ0) is 10.2. The van der Waals surface area contributed by atoms with E-state index >= 15 is 0 Å². The molecule has 1 aliphatic heterocycles. The summed E-state index contributed by atoms with van der Waals surface area (Å²) in [6.45, 7) is 7.86. The van der Waals surface area contributed by atoms with Crippen LogP contribution in [0, 0.1) is 5.41 Å². The molecule has 3 heteroatoms. The molecule has 0 atom stereocenters. The molecular formula is C11H19N3. The van der Waals surface area contributed by atoms with Gasteiger partial charge in [0.05, 0.1) is 0 Å². The summed E-state index contributed by atoms with van der Waals surface area (Å²) in [6, 6.07) is 0. The van der Waals surface area contributed by atoms with Gasteiger partial charge in [-0.05, 0) is 18.3 Å². The highest BCUT2D eigenvalue weighted by molar-refractivity contribution is 5.00. The Kier molecular flexibility index (Phi) is 2.33. The van der Waals surface area contributed by atoms with Gasteiger partial charge < -0.3 is 4.57 Å². The standard InChI is InChI=1S/C11H19N3/c1-11(2,3)8-10-13-12-9-6-4-5-7-14(9)10/h4-8H2,1-3H3. The lowest BCUT2D eigenvalue weighted by Crippen LogP contribution is -2.18. The van der Waals surface area contributed by atoms with Crippen LogP contribution in [0.15, 0.2) is 0 Å². The largest absolute Gasteiger partial charge is 0.315 e. The van der Waals surface area contributed by atoms with Gasteiger partial charge in [-0.2, -0.15) is 0 Å². The van der Waals surface area contributed by atoms with Gasteiger partial charge in [-0.3, -0.25) is 0 Å². The van der Waals surface area contributed by atoms with Gasteiger partial charge in [-0.15, -0.1) is 10.2 Å². The van der Waals surface area contributed by atoms with Gasteiger partial charge in [0.25, 0.3) is 0 Å². The Balaban J connectivity index is 2.22. The molecule has 2 heterocycles. The molecule has 0 aromatic carbocycles. The summed E-state index contributed by atoms with van der Waals surface area (Å²) in [7, 11) is 0. The van der Waals surface area contributed by atoms with Crippen molar-refractivity contribution in [2.75, 3.05) is 0 Å². The highest BCUT2D eigenvalue weighted by Crippen LogP contribution is 2.22. The first-order chi connectivity index (χ1) is 6.56. The van der Waals surface area contributed by atoms with E-state index in [-0.39, 0.29) is 0 Å². The molecule has 0 amide bonds. The van der Waals surface area contributed by atoms with Gasteiger partial charge in [0.15, 0.2) is 0 Å². The van der Waals surface area contributed by atoms with Gasteiger partial charge in [0.2, 0.25) is 0 Å². The fourth-order valence-electron chi connectivity index (χ4n) is 1.97. The van der Waals surface area contributed by atoms with Crippen LogP contribution in [0.1, 0.15) is 45.3 Å².